The van der Waals surface area contributed by atoms with Crippen LogP contribution >= 0.6 is 36.6 Å². The third kappa shape index (κ3) is 3.77. The van der Waals surface area contributed by atoms with E-state index in [0.717, 1.165) is 11.3 Å². The van der Waals surface area contributed by atoms with Gasteiger partial charge < -0.3 is 0 Å². The average molecular weight is 305 g/mol. The predicted molar refractivity (Wildman–Crippen MR) is 81.2 cm³/mol. The van der Waals surface area contributed by atoms with E-state index in [0.29, 0.717) is 0 Å². The van der Waals surface area contributed by atoms with Gasteiger partial charge in [0, 0.05) is 23.6 Å². The summed E-state index contributed by atoms with van der Waals surface area (Å²) in [5, 5.41) is 4.20. The zero-order chi connectivity index (χ0) is 11.5. The second-order valence-corrected chi connectivity index (χ2v) is 4.29. The Morgan fingerprint density at radius 1 is 1.06 bits per heavy atom. The van der Waals surface area contributed by atoms with E-state index >= 15 is 0 Å². The summed E-state index contributed by atoms with van der Waals surface area (Å²) in [6, 6.07) is 11.4. The van der Waals surface area contributed by atoms with E-state index in [1.165, 1.54) is 15.6 Å². The molecule has 2 aromatic rings. The molecule has 0 spiro atoms. The number of nitrogens with zero attached hydrogens (tertiary/aromatic N) is 2. The molecular formula is C12H14Cl2N2OS. The van der Waals surface area contributed by atoms with Crippen LogP contribution < -0.4 is 5.56 Å². The van der Waals surface area contributed by atoms with Crippen molar-refractivity contribution in [3.63, 3.8) is 0 Å². The number of thioether (sulfide) groups is 1. The minimum Gasteiger partial charge on any atom is -0.268 e. The molecule has 0 aliphatic heterocycles. The lowest BCUT2D eigenvalue weighted by molar-refractivity contribution is 0.712. The van der Waals surface area contributed by atoms with E-state index in [2.05, 4.69) is 5.10 Å². The molecule has 0 amide bonds. The van der Waals surface area contributed by atoms with Crippen LogP contribution in [0, 0.1) is 0 Å². The Labute approximate surface area is 122 Å². The molecule has 0 saturated carbocycles. The Morgan fingerprint density at radius 3 is 2.17 bits per heavy atom. The Morgan fingerprint density at radius 2 is 1.67 bits per heavy atom. The number of aryl methyl sites for hydroxylation is 1. The van der Waals surface area contributed by atoms with E-state index in [1.807, 2.05) is 30.5 Å². The maximum Gasteiger partial charge on any atom is 0.266 e. The van der Waals surface area contributed by atoms with Crippen LogP contribution in [-0.4, -0.2) is 16.0 Å². The normalized spacial score (nSPS) is 9.22. The summed E-state index contributed by atoms with van der Waals surface area (Å²) in [6.07, 6.45) is 2.04. The number of halogens is 2. The molecule has 18 heavy (non-hydrogen) atoms. The molecule has 2 rings (SSSR count). The zero-order valence-electron chi connectivity index (χ0n) is 9.99. The van der Waals surface area contributed by atoms with Crippen LogP contribution in [0.15, 0.2) is 46.1 Å². The molecule has 0 N–H and O–H groups in total. The van der Waals surface area contributed by atoms with Crippen molar-refractivity contribution < 1.29 is 0 Å². The topological polar surface area (TPSA) is 34.9 Å². The van der Waals surface area contributed by atoms with Crippen LogP contribution in [0.4, 0.5) is 0 Å². The molecule has 0 radical (unpaired) electrons. The van der Waals surface area contributed by atoms with Crippen molar-refractivity contribution in [2.45, 2.75) is 4.90 Å². The quantitative estimate of drug-likeness (QED) is 0.800. The van der Waals surface area contributed by atoms with Crippen molar-refractivity contribution in [2.75, 3.05) is 6.26 Å². The van der Waals surface area contributed by atoms with E-state index < -0.39 is 0 Å². The van der Waals surface area contributed by atoms with Crippen LogP contribution in [0.1, 0.15) is 0 Å². The minimum atomic E-state index is -0.0931. The van der Waals surface area contributed by atoms with Gasteiger partial charge in [-0.25, -0.2) is 4.68 Å². The van der Waals surface area contributed by atoms with Crippen molar-refractivity contribution in [3.8, 4) is 11.3 Å². The first-order valence-electron chi connectivity index (χ1n) is 4.89. The molecular weight excluding hydrogens is 291 g/mol. The van der Waals surface area contributed by atoms with Crippen molar-refractivity contribution in [3.05, 3.63) is 46.8 Å². The molecule has 98 valence electrons. The summed E-state index contributed by atoms with van der Waals surface area (Å²) in [5.41, 5.74) is 1.74. The van der Waals surface area contributed by atoms with E-state index in [1.54, 1.807) is 24.9 Å². The fourth-order valence-electron chi connectivity index (χ4n) is 1.42. The summed E-state index contributed by atoms with van der Waals surface area (Å²) in [7, 11) is 1.65. The third-order valence-electron chi connectivity index (χ3n) is 2.35. The summed E-state index contributed by atoms with van der Waals surface area (Å²) >= 11 is 1.70. The molecule has 0 unspecified atom stereocenters. The highest BCUT2D eigenvalue weighted by Crippen LogP contribution is 2.20. The maximum atomic E-state index is 11.2. The third-order valence-corrected chi connectivity index (χ3v) is 3.09. The van der Waals surface area contributed by atoms with Crippen molar-refractivity contribution >= 4 is 36.6 Å². The number of benzene rings is 1. The summed E-state index contributed by atoms with van der Waals surface area (Å²) in [6.45, 7) is 0. The van der Waals surface area contributed by atoms with Gasteiger partial charge in [0.05, 0.1) is 5.69 Å². The van der Waals surface area contributed by atoms with Crippen LogP contribution in [0.25, 0.3) is 11.3 Å². The monoisotopic (exact) mass is 304 g/mol. The minimum absolute atomic E-state index is 0. The largest absolute Gasteiger partial charge is 0.268 e. The van der Waals surface area contributed by atoms with Crippen molar-refractivity contribution in [2.24, 2.45) is 7.05 Å². The fraction of sp³-hybridized carbons (Fsp3) is 0.167. The standard InChI is InChI=1S/C12H12N2OS.2ClH/c1-14-12(15)8-7-11(13-14)9-3-5-10(16-2)6-4-9;;/h3-8H,1-2H3;2*1H. The molecule has 0 aliphatic rings. The Bertz CT molecular complexity index is 555. The molecule has 0 saturated heterocycles. The highest BCUT2D eigenvalue weighted by Gasteiger charge is 2.00. The van der Waals surface area contributed by atoms with Crippen molar-refractivity contribution in [1.29, 1.82) is 0 Å². The molecule has 6 heteroatoms. The van der Waals surface area contributed by atoms with Gasteiger partial charge >= 0.3 is 0 Å². The molecule has 1 aromatic heterocycles. The summed E-state index contributed by atoms with van der Waals surface area (Å²) < 4.78 is 1.35. The van der Waals surface area contributed by atoms with Crippen LogP contribution in [0.3, 0.4) is 0 Å². The number of rotatable bonds is 2. The van der Waals surface area contributed by atoms with Crippen LogP contribution in [-0.2, 0) is 7.05 Å². The predicted octanol–water partition coefficient (Wildman–Crippen LogP) is 3.01. The molecule has 1 heterocycles. The second-order valence-electron chi connectivity index (χ2n) is 3.41. The zero-order valence-corrected chi connectivity index (χ0v) is 12.4. The van der Waals surface area contributed by atoms with Crippen LogP contribution in [0.5, 0.6) is 0 Å². The molecule has 0 aliphatic carbocycles. The molecule has 1 aromatic carbocycles. The fourth-order valence-corrected chi connectivity index (χ4v) is 1.83. The second kappa shape index (κ2) is 7.46. The molecule has 0 atom stereocenters. The van der Waals surface area contributed by atoms with E-state index in [9.17, 15) is 4.79 Å². The number of aromatic nitrogens is 2. The molecule has 3 nitrogen and oxygen atoms in total. The number of hydrogen-bond donors (Lipinski definition) is 0. The maximum absolute atomic E-state index is 11.2. The Kier molecular flexibility index (Phi) is 7.06. The van der Waals surface area contributed by atoms with Crippen molar-refractivity contribution in [1.82, 2.24) is 9.78 Å². The van der Waals surface area contributed by atoms with Gasteiger partial charge in [-0.05, 0) is 24.5 Å². The lowest BCUT2D eigenvalue weighted by atomic mass is 10.1. The van der Waals surface area contributed by atoms with Gasteiger partial charge in [-0.3, -0.25) is 4.79 Å². The van der Waals surface area contributed by atoms with Gasteiger partial charge in [-0.2, -0.15) is 5.10 Å². The SMILES string of the molecule is CSc1ccc(-c2ccc(=O)n(C)n2)cc1.Cl.Cl. The Balaban J connectivity index is 0.00000144. The van der Waals surface area contributed by atoms with Gasteiger partial charge in [-0.15, -0.1) is 36.6 Å². The average Bonchev–Trinajstić information content (AvgIpc) is 2.33. The summed E-state index contributed by atoms with van der Waals surface area (Å²) in [4.78, 5) is 12.4. The van der Waals surface area contributed by atoms with Gasteiger partial charge in [0.2, 0.25) is 0 Å². The van der Waals surface area contributed by atoms with Crippen LogP contribution in [0.2, 0.25) is 0 Å². The molecule has 0 fully saturated rings. The lowest BCUT2D eigenvalue weighted by Crippen LogP contribution is -2.18. The lowest BCUT2D eigenvalue weighted by Gasteiger charge is -2.03. The van der Waals surface area contributed by atoms with Gasteiger partial charge in [0.1, 0.15) is 0 Å². The van der Waals surface area contributed by atoms with Gasteiger partial charge in [0.25, 0.3) is 5.56 Å². The molecule has 0 bridgehead atoms. The highest BCUT2D eigenvalue weighted by atomic mass is 35.5. The first-order chi connectivity index (χ1) is 7.70. The first-order valence-corrected chi connectivity index (χ1v) is 6.12. The van der Waals surface area contributed by atoms with Gasteiger partial charge in [-0.1, -0.05) is 12.1 Å². The number of hydrogen-bond acceptors (Lipinski definition) is 3. The first kappa shape index (κ1) is 17.0. The van der Waals surface area contributed by atoms with E-state index in [4.69, 9.17) is 0 Å². The Hall–Kier alpha value is -0.970. The summed E-state index contributed by atoms with van der Waals surface area (Å²) in [5.74, 6) is 0. The highest BCUT2D eigenvalue weighted by molar-refractivity contribution is 7.98. The van der Waals surface area contributed by atoms with E-state index in [-0.39, 0.29) is 30.4 Å². The smallest absolute Gasteiger partial charge is 0.266 e. The van der Waals surface area contributed by atoms with Gasteiger partial charge in [0.15, 0.2) is 0 Å².